The molecule has 0 spiro atoms. The second-order valence-corrected chi connectivity index (χ2v) is 6.57. The van der Waals surface area contributed by atoms with Crippen LogP contribution in [0.4, 0.5) is 14.5 Å². The third kappa shape index (κ3) is 5.60. The molecule has 1 aromatic carbocycles. The van der Waals surface area contributed by atoms with Crippen LogP contribution in [0.2, 0.25) is 0 Å². The van der Waals surface area contributed by atoms with Crippen molar-refractivity contribution in [3.63, 3.8) is 0 Å². The fourth-order valence-electron chi connectivity index (χ4n) is 1.73. The quantitative estimate of drug-likeness (QED) is 0.836. The molecule has 0 radical (unpaired) electrons. The standard InChI is InChI=1S/C12H17F2NO4S/c1-8(7-20(3,16)17)15-9-4-5-10(18-2)11(6-9)19-12(13)14/h4-6,8,12,15H,7H2,1-3H3. The maximum Gasteiger partial charge on any atom is 0.387 e. The van der Waals surface area contributed by atoms with E-state index in [0.717, 1.165) is 6.26 Å². The van der Waals surface area contributed by atoms with E-state index in [1.807, 2.05) is 0 Å². The van der Waals surface area contributed by atoms with Gasteiger partial charge in [0, 0.05) is 24.1 Å². The predicted molar refractivity (Wildman–Crippen MR) is 72.4 cm³/mol. The van der Waals surface area contributed by atoms with E-state index < -0.39 is 16.4 Å². The van der Waals surface area contributed by atoms with Crippen LogP contribution in [0.15, 0.2) is 18.2 Å². The van der Waals surface area contributed by atoms with Crippen LogP contribution in [0.3, 0.4) is 0 Å². The van der Waals surface area contributed by atoms with Crippen molar-refractivity contribution >= 4 is 15.5 Å². The maximum atomic E-state index is 12.3. The van der Waals surface area contributed by atoms with Crippen LogP contribution in [0.5, 0.6) is 11.5 Å². The van der Waals surface area contributed by atoms with E-state index in [9.17, 15) is 17.2 Å². The topological polar surface area (TPSA) is 64.6 Å². The summed E-state index contributed by atoms with van der Waals surface area (Å²) in [7, 11) is -1.78. The Hall–Kier alpha value is -1.57. The highest BCUT2D eigenvalue weighted by molar-refractivity contribution is 7.90. The number of sulfone groups is 1. The van der Waals surface area contributed by atoms with Gasteiger partial charge >= 0.3 is 6.61 Å². The Morgan fingerprint density at radius 3 is 2.45 bits per heavy atom. The number of anilines is 1. The summed E-state index contributed by atoms with van der Waals surface area (Å²) in [5.41, 5.74) is 0.470. The summed E-state index contributed by atoms with van der Waals surface area (Å²) in [6.07, 6.45) is 1.13. The zero-order chi connectivity index (χ0) is 15.3. The van der Waals surface area contributed by atoms with Crippen molar-refractivity contribution in [3.05, 3.63) is 18.2 Å². The molecule has 114 valence electrons. The van der Waals surface area contributed by atoms with Crippen LogP contribution in [0.1, 0.15) is 6.92 Å². The van der Waals surface area contributed by atoms with E-state index >= 15 is 0 Å². The molecular weight excluding hydrogens is 292 g/mol. The minimum absolute atomic E-state index is 0.0654. The molecule has 5 nitrogen and oxygen atoms in total. The summed E-state index contributed by atoms with van der Waals surface area (Å²) in [4.78, 5) is 0. The number of methoxy groups -OCH3 is 1. The van der Waals surface area contributed by atoms with Gasteiger partial charge in [-0.3, -0.25) is 0 Å². The van der Waals surface area contributed by atoms with E-state index in [4.69, 9.17) is 4.74 Å². The van der Waals surface area contributed by atoms with Crippen LogP contribution in [-0.2, 0) is 9.84 Å². The summed E-state index contributed by atoms with van der Waals surface area (Å²) in [6, 6.07) is 4.03. The third-order valence-corrected chi connectivity index (χ3v) is 3.45. The predicted octanol–water partition coefficient (Wildman–Crippen LogP) is 2.14. The lowest BCUT2D eigenvalue weighted by Gasteiger charge is -2.16. The Morgan fingerprint density at radius 2 is 1.95 bits per heavy atom. The molecule has 0 fully saturated rings. The van der Waals surface area contributed by atoms with Crippen molar-refractivity contribution in [2.75, 3.05) is 24.4 Å². The number of halogens is 2. The molecule has 0 saturated carbocycles. The second kappa shape index (κ2) is 6.74. The Bertz CT molecular complexity index is 548. The molecule has 0 saturated heterocycles. The normalized spacial score (nSPS) is 13.1. The van der Waals surface area contributed by atoms with Gasteiger partial charge in [-0.05, 0) is 19.1 Å². The van der Waals surface area contributed by atoms with E-state index in [0.29, 0.717) is 5.69 Å². The fraction of sp³-hybridized carbons (Fsp3) is 0.500. The number of benzene rings is 1. The molecule has 20 heavy (non-hydrogen) atoms. The molecule has 1 aromatic rings. The van der Waals surface area contributed by atoms with Crippen LogP contribution in [0.25, 0.3) is 0 Å². The average Bonchev–Trinajstić information content (AvgIpc) is 2.25. The Kier molecular flexibility index (Phi) is 5.55. The first-order valence-corrected chi connectivity index (χ1v) is 7.84. The SMILES string of the molecule is COc1ccc(NC(C)CS(C)(=O)=O)cc1OC(F)F. The summed E-state index contributed by atoms with van der Waals surface area (Å²) >= 11 is 0. The zero-order valence-corrected chi connectivity index (χ0v) is 12.2. The fourth-order valence-corrected chi connectivity index (χ4v) is 2.73. The molecule has 1 rings (SSSR count). The lowest BCUT2D eigenvalue weighted by atomic mass is 10.2. The van der Waals surface area contributed by atoms with Gasteiger partial charge in [-0.1, -0.05) is 0 Å². The number of ether oxygens (including phenoxy) is 2. The molecule has 0 amide bonds. The summed E-state index contributed by atoms with van der Waals surface area (Å²) in [5, 5.41) is 2.90. The Morgan fingerprint density at radius 1 is 1.30 bits per heavy atom. The molecule has 0 aliphatic heterocycles. The second-order valence-electron chi connectivity index (χ2n) is 4.38. The van der Waals surface area contributed by atoms with E-state index in [1.165, 1.54) is 19.2 Å². The first-order chi connectivity index (χ1) is 9.21. The molecule has 8 heteroatoms. The number of alkyl halides is 2. The van der Waals surface area contributed by atoms with Gasteiger partial charge in [0.25, 0.3) is 0 Å². The van der Waals surface area contributed by atoms with Gasteiger partial charge in [0.2, 0.25) is 0 Å². The van der Waals surface area contributed by atoms with E-state index in [-0.39, 0.29) is 23.3 Å². The van der Waals surface area contributed by atoms with Crippen molar-refractivity contribution in [1.82, 2.24) is 0 Å². The first kappa shape index (κ1) is 16.5. The highest BCUT2D eigenvalue weighted by atomic mass is 32.2. The van der Waals surface area contributed by atoms with Crippen LogP contribution in [-0.4, -0.2) is 40.2 Å². The van der Waals surface area contributed by atoms with E-state index in [2.05, 4.69) is 10.1 Å². The number of hydrogen-bond acceptors (Lipinski definition) is 5. The lowest BCUT2D eigenvalue weighted by Crippen LogP contribution is -2.25. The average molecular weight is 309 g/mol. The molecule has 0 bridgehead atoms. The zero-order valence-electron chi connectivity index (χ0n) is 11.4. The van der Waals surface area contributed by atoms with Crippen LogP contribution >= 0.6 is 0 Å². The number of nitrogens with one attached hydrogen (secondary N) is 1. The van der Waals surface area contributed by atoms with Crippen molar-refractivity contribution in [2.24, 2.45) is 0 Å². The van der Waals surface area contributed by atoms with Gasteiger partial charge in [-0.2, -0.15) is 8.78 Å². The Labute approximate surface area is 116 Å². The van der Waals surface area contributed by atoms with Gasteiger partial charge < -0.3 is 14.8 Å². The highest BCUT2D eigenvalue weighted by Crippen LogP contribution is 2.31. The van der Waals surface area contributed by atoms with Gasteiger partial charge in [-0.25, -0.2) is 8.42 Å². The monoisotopic (exact) mass is 309 g/mol. The third-order valence-electron chi connectivity index (χ3n) is 2.35. The smallest absolute Gasteiger partial charge is 0.387 e. The first-order valence-electron chi connectivity index (χ1n) is 5.78. The van der Waals surface area contributed by atoms with Gasteiger partial charge in [0.05, 0.1) is 12.9 Å². The molecule has 1 atom stereocenters. The minimum Gasteiger partial charge on any atom is -0.493 e. The number of rotatable bonds is 7. The van der Waals surface area contributed by atoms with Crippen LogP contribution < -0.4 is 14.8 Å². The summed E-state index contributed by atoms with van der Waals surface area (Å²) < 4.78 is 56.1. The Balaban J connectivity index is 2.86. The van der Waals surface area contributed by atoms with Crippen molar-refractivity contribution in [1.29, 1.82) is 0 Å². The summed E-state index contributed by atoms with van der Waals surface area (Å²) in [5.74, 6) is -0.00460. The number of hydrogen-bond donors (Lipinski definition) is 1. The molecule has 0 aliphatic rings. The molecule has 0 heterocycles. The highest BCUT2D eigenvalue weighted by Gasteiger charge is 2.14. The van der Waals surface area contributed by atoms with Gasteiger partial charge in [0.15, 0.2) is 11.5 Å². The molecule has 0 aliphatic carbocycles. The largest absolute Gasteiger partial charge is 0.493 e. The van der Waals surface area contributed by atoms with E-state index in [1.54, 1.807) is 13.0 Å². The summed E-state index contributed by atoms with van der Waals surface area (Å²) in [6.45, 7) is -1.29. The molecular formula is C12H17F2NO4S. The van der Waals surface area contributed by atoms with Crippen molar-refractivity contribution in [3.8, 4) is 11.5 Å². The van der Waals surface area contributed by atoms with Gasteiger partial charge in [0.1, 0.15) is 9.84 Å². The lowest BCUT2D eigenvalue weighted by molar-refractivity contribution is -0.0511. The molecule has 1 N–H and O–H groups in total. The van der Waals surface area contributed by atoms with Crippen molar-refractivity contribution in [2.45, 2.75) is 19.6 Å². The maximum absolute atomic E-state index is 12.3. The molecule has 1 unspecified atom stereocenters. The van der Waals surface area contributed by atoms with Crippen molar-refractivity contribution < 1.29 is 26.7 Å². The van der Waals surface area contributed by atoms with Crippen LogP contribution in [0, 0.1) is 0 Å². The minimum atomic E-state index is -3.12. The molecule has 0 aromatic heterocycles. The van der Waals surface area contributed by atoms with Gasteiger partial charge in [-0.15, -0.1) is 0 Å².